The molecule has 3 aromatic rings. The predicted octanol–water partition coefficient (Wildman–Crippen LogP) is 5.35. The fraction of sp³-hybridized carbons (Fsp3) is 0.375. The molecule has 0 saturated carbocycles. The normalized spacial score (nSPS) is 17.3. The fourth-order valence-corrected chi connectivity index (χ4v) is 3.99. The maximum Gasteiger partial charge on any atom is 0.300 e. The second-order valence-electron chi connectivity index (χ2n) is 8.12. The fourth-order valence-electron chi connectivity index (χ4n) is 3.99. The summed E-state index contributed by atoms with van der Waals surface area (Å²) in [5.74, 6) is 0.637. The van der Waals surface area contributed by atoms with Crippen molar-refractivity contribution in [3.8, 4) is 22.6 Å². The van der Waals surface area contributed by atoms with E-state index < -0.39 is 5.66 Å². The molecule has 0 unspecified atom stereocenters. The van der Waals surface area contributed by atoms with E-state index >= 15 is 0 Å². The molecule has 0 fully saturated rings. The number of aromatic nitrogens is 3. The summed E-state index contributed by atoms with van der Waals surface area (Å²) in [6.07, 6.45) is 5.62. The molecule has 4 rings (SSSR count). The maximum atomic E-state index is 12.9. The Morgan fingerprint density at radius 2 is 1.79 bits per heavy atom. The van der Waals surface area contributed by atoms with Gasteiger partial charge in [0.15, 0.2) is 11.5 Å². The largest absolute Gasteiger partial charge is 0.361 e. The van der Waals surface area contributed by atoms with E-state index in [9.17, 15) is 4.79 Å². The van der Waals surface area contributed by atoms with Crippen LogP contribution < -0.4 is 10.9 Å². The average Bonchev–Trinajstić information content (AvgIpc) is 2.72. The highest BCUT2D eigenvalue weighted by atomic mass is 16.1. The van der Waals surface area contributed by atoms with Gasteiger partial charge in [-0.1, -0.05) is 68.1 Å². The van der Waals surface area contributed by atoms with Crippen LogP contribution in [-0.4, -0.2) is 14.8 Å². The number of hydrogen-bond donors (Lipinski definition) is 1. The van der Waals surface area contributed by atoms with Crippen molar-refractivity contribution >= 4 is 5.69 Å². The minimum atomic E-state index is -0.433. The summed E-state index contributed by atoms with van der Waals surface area (Å²) in [6, 6.07) is 15.9. The zero-order valence-corrected chi connectivity index (χ0v) is 17.4. The number of unbranched alkanes of at least 4 members (excludes halogenated alkanes) is 3. The van der Waals surface area contributed by atoms with E-state index in [0.717, 1.165) is 35.2 Å². The van der Waals surface area contributed by atoms with Crippen LogP contribution in [0.4, 0.5) is 5.69 Å². The lowest BCUT2D eigenvalue weighted by molar-refractivity contribution is 0.289. The predicted molar refractivity (Wildman–Crippen MR) is 118 cm³/mol. The molecule has 150 valence electrons. The Hall–Kier alpha value is -2.95. The molecule has 1 aromatic heterocycles. The molecule has 5 heteroatoms. The average molecular weight is 389 g/mol. The molecule has 0 radical (unpaired) electrons. The number of hydrogen-bond acceptors (Lipinski definition) is 4. The standard InChI is InChI=1S/C24H28N4O/c1-4-5-6-9-16-24(3)26-20-11-8-7-10-19(20)22-25-23(29)21(27-28(22)24)18-14-12-17(2)13-15-18/h7-8,10-15,26H,4-6,9,16H2,1-3H3/t24-/m1/s1. The van der Waals surface area contributed by atoms with Crippen molar-refractivity contribution < 1.29 is 0 Å². The first-order valence-corrected chi connectivity index (χ1v) is 10.5. The Balaban J connectivity index is 1.83. The number of nitrogens with zero attached hydrogens (tertiary/aromatic N) is 3. The summed E-state index contributed by atoms with van der Waals surface area (Å²) in [4.78, 5) is 17.4. The van der Waals surface area contributed by atoms with E-state index in [4.69, 9.17) is 5.10 Å². The van der Waals surface area contributed by atoms with Crippen molar-refractivity contribution in [1.82, 2.24) is 14.8 Å². The van der Waals surface area contributed by atoms with E-state index in [1.165, 1.54) is 19.3 Å². The van der Waals surface area contributed by atoms with E-state index in [2.05, 4.69) is 24.1 Å². The quantitative estimate of drug-likeness (QED) is 0.578. The number of benzene rings is 2. The van der Waals surface area contributed by atoms with Crippen molar-refractivity contribution in [3.05, 3.63) is 64.4 Å². The van der Waals surface area contributed by atoms with E-state index in [-0.39, 0.29) is 5.56 Å². The van der Waals surface area contributed by atoms with Crippen LogP contribution >= 0.6 is 0 Å². The molecule has 0 aliphatic carbocycles. The lowest BCUT2D eigenvalue weighted by Gasteiger charge is -2.39. The van der Waals surface area contributed by atoms with Gasteiger partial charge in [0, 0.05) is 16.8 Å². The number of fused-ring (bicyclic) bond motifs is 3. The minimum absolute atomic E-state index is 0.287. The Bertz CT molecular complexity index is 1070. The van der Waals surface area contributed by atoms with Gasteiger partial charge in [-0.05, 0) is 38.8 Å². The zero-order valence-electron chi connectivity index (χ0n) is 17.4. The van der Waals surface area contributed by atoms with Gasteiger partial charge in [-0.25, -0.2) is 4.68 Å². The topological polar surface area (TPSA) is 59.8 Å². The van der Waals surface area contributed by atoms with E-state index in [1.807, 2.05) is 60.1 Å². The van der Waals surface area contributed by atoms with Gasteiger partial charge in [-0.3, -0.25) is 4.79 Å². The zero-order chi connectivity index (χ0) is 20.4. The highest BCUT2D eigenvalue weighted by molar-refractivity contribution is 5.76. The lowest BCUT2D eigenvalue weighted by atomic mass is 9.98. The molecule has 5 nitrogen and oxygen atoms in total. The first-order valence-electron chi connectivity index (χ1n) is 10.5. The number of rotatable bonds is 6. The van der Waals surface area contributed by atoms with E-state index in [1.54, 1.807) is 0 Å². The number of anilines is 1. The molecule has 1 N–H and O–H groups in total. The van der Waals surface area contributed by atoms with Crippen LogP contribution in [0.3, 0.4) is 0 Å². The Kier molecular flexibility index (Phi) is 5.22. The van der Waals surface area contributed by atoms with Gasteiger partial charge in [-0.15, -0.1) is 0 Å². The second kappa shape index (κ2) is 7.82. The van der Waals surface area contributed by atoms with Gasteiger partial charge < -0.3 is 5.32 Å². The summed E-state index contributed by atoms with van der Waals surface area (Å²) < 4.78 is 1.93. The van der Waals surface area contributed by atoms with Gasteiger partial charge in [0.2, 0.25) is 0 Å². The molecule has 0 bridgehead atoms. The van der Waals surface area contributed by atoms with Crippen LogP contribution in [-0.2, 0) is 5.66 Å². The Labute approximate surface area is 171 Å². The summed E-state index contributed by atoms with van der Waals surface area (Å²) in [5.41, 5.74) is 3.55. The molecule has 0 spiro atoms. The van der Waals surface area contributed by atoms with Crippen molar-refractivity contribution in [2.75, 3.05) is 5.32 Å². The smallest absolute Gasteiger partial charge is 0.300 e. The summed E-state index contributed by atoms with van der Waals surface area (Å²) in [5, 5.41) is 8.52. The third kappa shape index (κ3) is 3.69. The molecule has 0 amide bonds. The van der Waals surface area contributed by atoms with Crippen molar-refractivity contribution in [3.63, 3.8) is 0 Å². The van der Waals surface area contributed by atoms with Crippen molar-refractivity contribution in [1.29, 1.82) is 0 Å². The molecule has 2 aromatic carbocycles. The van der Waals surface area contributed by atoms with Gasteiger partial charge in [0.1, 0.15) is 5.66 Å². The SMILES string of the molecule is CCCCCC[C@]1(C)Nc2ccccc2-c2nc(=O)c(-c3ccc(C)cc3)nn21. The third-order valence-electron chi connectivity index (χ3n) is 5.69. The maximum absolute atomic E-state index is 12.9. The molecular weight excluding hydrogens is 360 g/mol. The number of nitrogens with one attached hydrogen (secondary N) is 1. The molecule has 0 saturated heterocycles. The van der Waals surface area contributed by atoms with Crippen molar-refractivity contribution in [2.24, 2.45) is 0 Å². The highest BCUT2D eigenvalue weighted by Crippen LogP contribution is 2.38. The summed E-state index contributed by atoms with van der Waals surface area (Å²) in [7, 11) is 0. The number of para-hydroxylation sites is 1. The molecular formula is C24H28N4O. The molecule has 1 atom stereocenters. The molecule has 1 aliphatic rings. The van der Waals surface area contributed by atoms with Crippen LogP contribution in [0.25, 0.3) is 22.6 Å². The first kappa shape index (κ1) is 19.4. The molecule has 2 heterocycles. The molecule has 29 heavy (non-hydrogen) atoms. The van der Waals surface area contributed by atoms with Crippen LogP contribution in [0.5, 0.6) is 0 Å². The van der Waals surface area contributed by atoms with Crippen LogP contribution in [0.2, 0.25) is 0 Å². The van der Waals surface area contributed by atoms with E-state index in [0.29, 0.717) is 11.5 Å². The van der Waals surface area contributed by atoms with Gasteiger partial charge in [0.25, 0.3) is 5.56 Å². The van der Waals surface area contributed by atoms with Crippen LogP contribution in [0, 0.1) is 6.92 Å². The number of aryl methyl sites for hydroxylation is 1. The monoisotopic (exact) mass is 388 g/mol. The highest BCUT2D eigenvalue weighted by Gasteiger charge is 2.35. The third-order valence-corrected chi connectivity index (χ3v) is 5.69. The first-order chi connectivity index (χ1) is 14.0. The van der Waals surface area contributed by atoms with Gasteiger partial charge >= 0.3 is 0 Å². The lowest BCUT2D eigenvalue weighted by Crippen LogP contribution is -2.45. The summed E-state index contributed by atoms with van der Waals surface area (Å²) >= 11 is 0. The van der Waals surface area contributed by atoms with Crippen LogP contribution in [0.15, 0.2) is 53.3 Å². The Morgan fingerprint density at radius 1 is 1.03 bits per heavy atom. The van der Waals surface area contributed by atoms with Gasteiger partial charge in [0.05, 0.1) is 0 Å². The second-order valence-corrected chi connectivity index (χ2v) is 8.12. The van der Waals surface area contributed by atoms with Crippen LogP contribution in [0.1, 0.15) is 51.5 Å². The minimum Gasteiger partial charge on any atom is -0.361 e. The molecule has 1 aliphatic heterocycles. The van der Waals surface area contributed by atoms with Crippen molar-refractivity contribution in [2.45, 2.75) is 58.5 Å². The Morgan fingerprint density at radius 3 is 2.55 bits per heavy atom. The summed E-state index contributed by atoms with van der Waals surface area (Å²) in [6.45, 7) is 6.40. The van der Waals surface area contributed by atoms with Gasteiger partial charge in [-0.2, -0.15) is 10.1 Å².